The summed E-state index contributed by atoms with van der Waals surface area (Å²) in [6, 6.07) is 8.01. The molecule has 0 saturated carbocycles. The Morgan fingerprint density at radius 2 is 2.14 bits per heavy atom. The van der Waals surface area contributed by atoms with Gasteiger partial charge < -0.3 is 24.5 Å². The molecule has 1 saturated heterocycles. The van der Waals surface area contributed by atoms with Gasteiger partial charge >= 0.3 is 0 Å². The monoisotopic (exact) mass is 291 g/mol. The van der Waals surface area contributed by atoms with Gasteiger partial charge in [-0.05, 0) is 19.1 Å². The van der Waals surface area contributed by atoms with E-state index in [4.69, 9.17) is 9.47 Å². The molecule has 0 unspecified atom stereocenters. The number of anilines is 1. The van der Waals surface area contributed by atoms with Crippen LogP contribution in [-0.4, -0.2) is 46.8 Å². The first-order valence-corrected chi connectivity index (χ1v) is 7.34. The largest absolute Gasteiger partial charge is 0.392 e. The quantitative estimate of drug-likeness (QED) is 0.846. The van der Waals surface area contributed by atoms with Crippen molar-refractivity contribution in [2.45, 2.75) is 32.3 Å². The summed E-state index contributed by atoms with van der Waals surface area (Å²) in [6.07, 6.45) is 0.236. The molecule has 1 aliphatic rings. The Hall–Kier alpha value is -1.63. The van der Waals surface area contributed by atoms with Gasteiger partial charge in [-0.25, -0.2) is 4.98 Å². The number of aryl methyl sites for hydroxylation is 1. The standard InChI is InChI=1S/C15H21N3O3/c1-11(19)10-16-15-17-12-4-2-3-5-13(12)18(15)7-6-14-20-8-9-21-14/h2-5,11,14,19H,6-10H2,1H3,(H,16,17)/t11-/m1/s1. The summed E-state index contributed by atoms with van der Waals surface area (Å²) >= 11 is 0. The Bertz CT molecular complexity index is 591. The van der Waals surface area contributed by atoms with Crippen LogP contribution in [0.5, 0.6) is 0 Å². The maximum Gasteiger partial charge on any atom is 0.203 e. The summed E-state index contributed by atoms with van der Waals surface area (Å²) in [4.78, 5) is 4.59. The molecule has 0 aliphatic carbocycles. The lowest BCUT2D eigenvalue weighted by Crippen LogP contribution is -2.19. The zero-order valence-electron chi connectivity index (χ0n) is 12.2. The number of aliphatic hydroxyl groups is 1. The van der Waals surface area contributed by atoms with E-state index in [1.54, 1.807) is 6.92 Å². The van der Waals surface area contributed by atoms with Crippen LogP contribution in [0.25, 0.3) is 11.0 Å². The molecule has 2 heterocycles. The first-order valence-electron chi connectivity index (χ1n) is 7.34. The van der Waals surface area contributed by atoms with Crippen molar-refractivity contribution in [1.29, 1.82) is 0 Å². The molecule has 6 heteroatoms. The molecule has 0 radical (unpaired) electrons. The molecule has 114 valence electrons. The third-order valence-corrected chi connectivity index (χ3v) is 3.49. The van der Waals surface area contributed by atoms with Gasteiger partial charge in [0, 0.05) is 19.5 Å². The number of aromatic nitrogens is 2. The SMILES string of the molecule is C[C@@H](O)CNc1nc2ccccc2n1CCC1OCCO1. The van der Waals surface area contributed by atoms with Crippen molar-refractivity contribution < 1.29 is 14.6 Å². The Kier molecular flexibility index (Phi) is 4.38. The summed E-state index contributed by atoms with van der Waals surface area (Å²) in [6.45, 7) is 4.32. The van der Waals surface area contributed by atoms with Crippen molar-refractivity contribution in [2.24, 2.45) is 0 Å². The summed E-state index contributed by atoms with van der Waals surface area (Å²) < 4.78 is 13.1. The highest BCUT2D eigenvalue weighted by molar-refractivity contribution is 5.78. The third-order valence-electron chi connectivity index (χ3n) is 3.49. The second-order valence-corrected chi connectivity index (χ2v) is 5.27. The molecular weight excluding hydrogens is 270 g/mol. The van der Waals surface area contributed by atoms with E-state index in [1.165, 1.54) is 0 Å². The third kappa shape index (κ3) is 3.34. The summed E-state index contributed by atoms with van der Waals surface area (Å²) in [7, 11) is 0. The highest BCUT2D eigenvalue weighted by Gasteiger charge is 2.18. The van der Waals surface area contributed by atoms with Crippen LogP contribution >= 0.6 is 0 Å². The van der Waals surface area contributed by atoms with E-state index in [0.717, 1.165) is 29.9 Å². The maximum absolute atomic E-state index is 9.44. The number of aliphatic hydroxyl groups excluding tert-OH is 1. The lowest BCUT2D eigenvalue weighted by Gasteiger charge is -2.14. The fraction of sp³-hybridized carbons (Fsp3) is 0.533. The smallest absolute Gasteiger partial charge is 0.203 e. The number of hydrogen-bond acceptors (Lipinski definition) is 5. The lowest BCUT2D eigenvalue weighted by atomic mass is 10.3. The van der Waals surface area contributed by atoms with Gasteiger partial charge in [0.15, 0.2) is 6.29 Å². The molecule has 0 amide bonds. The van der Waals surface area contributed by atoms with E-state index in [9.17, 15) is 5.11 Å². The molecule has 1 aliphatic heterocycles. The second kappa shape index (κ2) is 6.43. The topological polar surface area (TPSA) is 68.5 Å². The second-order valence-electron chi connectivity index (χ2n) is 5.27. The number of fused-ring (bicyclic) bond motifs is 1. The van der Waals surface area contributed by atoms with Crippen molar-refractivity contribution in [3.8, 4) is 0 Å². The highest BCUT2D eigenvalue weighted by Crippen LogP contribution is 2.21. The number of nitrogens with one attached hydrogen (secondary N) is 1. The highest BCUT2D eigenvalue weighted by atomic mass is 16.7. The Balaban J connectivity index is 1.80. The van der Waals surface area contributed by atoms with Crippen molar-refractivity contribution >= 4 is 17.0 Å². The van der Waals surface area contributed by atoms with Gasteiger partial charge in [-0.3, -0.25) is 0 Å². The number of para-hydroxylation sites is 2. The molecule has 2 aromatic rings. The van der Waals surface area contributed by atoms with Crippen LogP contribution in [0.3, 0.4) is 0 Å². The molecule has 0 spiro atoms. The van der Waals surface area contributed by atoms with Gasteiger partial charge in [-0.15, -0.1) is 0 Å². The number of hydrogen-bond donors (Lipinski definition) is 2. The van der Waals surface area contributed by atoms with E-state index in [0.29, 0.717) is 19.8 Å². The average molecular weight is 291 g/mol. The minimum atomic E-state index is -0.417. The average Bonchev–Trinajstić information content (AvgIpc) is 3.10. The summed E-state index contributed by atoms with van der Waals surface area (Å²) in [5.41, 5.74) is 2.02. The van der Waals surface area contributed by atoms with Gasteiger partial charge in [-0.1, -0.05) is 12.1 Å². The summed E-state index contributed by atoms with van der Waals surface area (Å²) in [5, 5.41) is 12.6. The van der Waals surface area contributed by atoms with Crippen LogP contribution in [-0.2, 0) is 16.0 Å². The van der Waals surface area contributed by atoms with Gasteiger partial charge in [-0.2, -0.15) is 0 Å². The zero-order chi connectivity index (χ0) is 14.7. The van der Waals surface area contributed by atoms with Crippen LogP contribution in [0, 0.1) is 0 Å². The first kappa shape index (κ1) is 14.3. The zero-order valence-corrected chi connectivity index (χ0v) is 12.2. The minimum Gasteiger partial charge on any atom is -0.392 e. The van der Waals surface area contributed by atoms with Gasteiger partial charge in [0.2, 0.25) is 5.95 Å². The number of benzene rings is 1. The lowest BCUT2D eigenvalue weighted by molar-refractivity contribution is -0.0488. The van der Waals surface area contributed by atoms with Gasteiger partial charge in [0.25, 0.3) is 0 Å². The van der Waals surface area contributed by atoms with Crippen molar-refractivity contribution in [2.75, 3.05) is 25.1 Å². The molecule has 1 aromatic carbocycles. The van der Waals surface area contributed by atoms with E-state index in [1.807, 2.05) is 24.3 Å². The molecule has 6 nitrogen and oxygen atoms in total. The van der Waals surface area contributed by atoms with E-state index < -0.39 is 6.10 Å². The number of nitrogens with zero attached hydrogens (tertiary/aromatic N) is 2. The van der Waals surface area contributed by atoms with Crippen LogP contribution in [0.1, 0.15) is 13.3 Å². The Morgan fingerprint density at radius 1 is 1.38 bits per heavy atom. The fourth-order valence-electron chi connectivity index (χ4n) is 2.48. The van der Waals surface area contributed by atoms with Crippen LogP contribution in [0.15, 0.2) is 24.3 Å². The molecular formula is C15H21N3O3. The van der Waals surface area contributed by atoms with Crippen LogP contribution < -0.4 is 5.32 Å². The summed E-state index contributed by atoms with van der Waals surface area (Å²) in [5.74, 6) is 0.773. The van der Waals surface area contributed by atoms with Crippen molar-refractivity contribution in [3.63, 3.8) is 0 Å². The molecule has 2 N–H and O–H groups in total. The van der Waals surface area contributed by atoms with Crippen molar-refractivity contribution in [1.82, 2.24) is 9.55 Å². The number of imidazole rings is 1. The Labute approximate surface area is 123 Å². The first-order chi connectivity index (χ1) is 10.2. The molecule has 21 heavy (non-hydrogen) atoms. The van der Waals surface area contributed by atoms with E-state index in [-0.39, 0.29) is 6.29 Å². The number of ether oxygens (including phenoxy) is 2. The molecule has 1 aromatic heterocycles. The normalized spacial score (nSPS) is 17.4. The van der Waals surface area contributed by atoms with Crippen LogP contribution in [0.4, 0.5) is 5.95 Å². The predicted octanol–water partition coefficient (Wildman–Crippen LogP) is 1.59. The van der Waals surface area contributed by atoms with Gasteiger partial charge in [0.1, 0.15) is 0 Å². The van der Waals surface area contributed by atoms with Gasteiger partial charge in [0.05, 0.1) is 30.4 Å². The number of rotatable bonds is 6. The minimum absolute atomic E-state index is 0.129. The molecule has 0 bridgehead atoms. The maximum atomic E-state index is 9.44. The fourth-order valence-corrected chi connectivity index (χ4v) is 2.48. The Morgan fingerprint density at radius 3 is 2.90 bits per heavy atom. The van der Waals surface area contributed by atoms with Crippen LogP contribution in [0.2, 0.25) is 0 Å². The predicted molar refractivity (Wildman–Crippen MR) is 80.2 cm³/mol. The molecule has 1 fully saturated rings. The van der Waals surface area contributed by atoms with E-state index in [2.05, 4.69) is 14.9 Å². The van der Waals surface area contributed by atoms with E-state index >= 15 is 0 Å². The molecule has 3 rings (SSSR count). The molecule has 1 atom stereocenters. The van der Waals surface area contributed by atoms with Crippen molar-refractivity contribution in [3.05, 3.63) is 24.3 Å².